The van der Waals surface area contributed by atoms with E-state index in [0.717, 1.165) is 13.0 Å². The van der Waals surface area contributed by atoms with Gasteiger partial charge in [-0.2, -0.15) is 0 Å². The van der Waals surface area contributed by atoms with E-state index >= 15 is 0 Å². The van der Waals surface area contributed by atoms with Crippen molar-refractivity contribution < 1.29 is 9.90 Å². The molecule has 1 radical (unpaired) electrons. The van der Waals surface area contributed by atoms with E-state index in [1.807, 2.05) is 17.0 Å². The van der Waals surface area contributed by atoms with Gasteiger partial charge in [0.05, 0.1) is 0 Å². The molecule has 1 amide bonds. The third-order valence-corrected chi connectivity index (χ3v) is 2.93. The third kappa shape index (κ3) is 2.42. The lowest BCUT2D eigenvalue weighted by Crippen LogP contribution is -2.35. The van der Waals surface area contributed by atoms with E-state index in [4.69, 9.17) is 5.11 Å². The Bertz CT molecular complexity index is 376. The van der Waals surface area contributed by atoms with Gasteiger partial charge in [0, 0.05) is 26.1 Å². The highest BCUT2D eigenvalue weighted by Crippen LogP contribution is 2.18. The number of amides is 1. The largest absolute Gasteiger partial charge is 0.396 e. The predicted molar refractivity (Wildman–Crippen MR) is 61.6 cm³/mol. The lowest BCUT2D eigenvalue weighted by Gasteiger charge is -2.28. The number of fused-ring (bicyclic) bond motifs is 1. The summed E-state index contributed by atoms with van der Waals surface area (Å²) in [5.74, 6) is 0.101. The molecule has 0 aromatic heterocycles. The number of carbonyl (C=O) groups is 1. The molecule has 16 heavy (non-hydrogen) atoms. The van der Waals surface area contributed by atoms with Crippen LogP contribution in [0.3, 0.4) is 0 Å². The summed E-state index contributed by atoms with van der Waals surface area (Å²) in [6, 6.07) is 8.24. The maximum Gasteiger partial charge on any atom is 0.223 e. The van der Waals surface area contributed by atoms with Crippen LogP contribution in [0.5, 0.6) is 0 Å². The van der Waals surface area contributed by atoms with Crippen LogP contribution in [0.15, 0.2) is 24.3 Å². The number of benzene rings is 1. The Kier molecular flexibility index (Phi) is 3.57. The Hall–Kier alpha value is -1.35. The van der Waals surface area contributed by atoms with Crippen molar-refractivity contribution in [2.24, 2.45) is 0 Å². The first kappa shape index (κ1) is 11.1. The van der Waals surface area contributed by atoms with Crippen LogP contribution < -0.4 is 0 Å². The van der Waals surface area contributed by atoms with Gasteiger partial charge in [0.15, 0.2) is 0 Å². The zero-order valence-electron chi connectivity index (χ0n) is 9.22. The molecule has 1 aliphatic heterocycles. The number of rotatable bonds is 3. The predicted octanol–water partition coefficient (Wildman–Crippen LogP) is 1.16. The summed E-state index contributed by atoms with van der Waals surface area (Å²) in [5.41, 5.74) is 2.59. The molecule has 1 aliphatic rings. The molecule has 1 N–H and O–H groups in total. The van der Waals surface area contributed by atoms with Gasteiger partial charge in [0.2, 0.25) is 5.91 Å². The molecule has 0 spiro atoms. The topological polar surface area (TPSA) is 40.5 Å². The van der Waals surface area contributed by atoms with Crippen molar-refractivity contribution in [1.29, 1.82) is 0 Å². The van der Waals surface area contributed by atoms with E-state index in [-0.39, 0.29) is 12.5 Å². The number of carbonyl (C=O) groups excluding carboxylic acids is 1. The Balaban J connectivity index is 1.99. The summed E-state index contributed by atoms with van der Waals surface area (Å²) in [6.45, 7) is 1.46. The zero-order valence-corrected chi connectivity index (χ0v) is 9.22. The van der Waals surface area contributed by atoms with Crippen molar-refractivity contribution in [2.45, 2.75) is 19.4 Å². The first-order valence-corrected chi connectivity index (χ1v) is 5.58. The van der Waals surface area contributed by atoms with Crippen molar-refractivity contribution in [3.8, 4) is 0 Å². The Morgan fingerprint density at radius 1 is 1.38 bits per heavy atom. The summed E-state index contributed by atoms with van der Waals surface area (Å²) < 4.78 is 0. The van der Waals surface area contributed by atoms with Gasteiger partial charge in [-0.05, 0) is 24.0 Å². The van der Waals surface area contributed by atoms with Crippen molar-refractivity contribution in [3.63, 3.8) is 0 Å². The van der Waals surface area contributed by atoms with E-state index in [2.05, 4.69) is 12.1 Å². The highest BCUT2D eigenvalue weighted by atomic mass is 16.3. The van der Waals surface area contributed by atoms with Gasteiger partial charge < -0.3 is 10.0 Å². The molecule has 0 atom stereocenters. The van der Waals surface area contributed by atoms with Gasteiger partial charge in [0.25, 0.3) is 0 Å². The summed E-state index contributed by atoms with van der Waals surface area (Å²) in [4.78, 5) is 13.6. The molecule has 0 saturated carbocycles. The van der Waals surface area contributed by atoms with E-state index in [1.54, 1.807) is 6.42 Å². The Morgan fingerprint density at radius 2 is 2.12 bits per heavy atom. The minimum absolute atomic E-state index is 0.0316. The molecule has 2 rings (SSSR count). The van der Waals surface area contributed by atoms with Crippen LogP contribution in [0.25, 0.3) is 0 Å². The van der Waals surface area contributed by atoms with Crippen molar-refractivity contribution in [1.82, 2.24) is 4.90 Å². The quantitative estimate of drug-likeness (QED) is 0.827. The minimum Gasteiger partial charge on any atom is -0.396 e. The molecule has 1 aromatic rings. The van der Waals surface area contributed by atoms with Crippen LogP contribution in [0.4, 0.5) is 0 Å². The number of aliphatic hydroxyl groups excluding tert-OH is 1. The molecule has 3 nitrogen and oxygen atoms in total. The summed E-state index contributed by atoms with van der Waals surface area (Å²) in [7, 11) is 0. The van der Waals surface area contributed by atoms with Gasteiger partial charge in [-0.25, -0.2) is 0 Å². The van der Waals surface area contributed by atoms with Crippen molar-refractivity contribution in [3.05, 3.63) is 41.8 Å². The second-order valence-electron chi connectivity index (χ2n) is 4.01. The fourth-order valence-electron chi connectivity index (χ4n) is 2.03. The van der Waals surface area contributed by atoms with Crippen molar-refractivity contribution in [2.75, 3.05) is 13.2 Å². The first-order chi connectivity index (χ1) is 7.81. The summed E-state index contributed by atoms with van der Waals surface area (Å²) in [6.07, 6.45) is 2.86. The molecule has 0 fully saturated rings. The molecular weight excluding hydrogens is 202 g/mol. The van der Waals surface area contributed by atoms with Crippen LogP contribution in [-0.2, 0) is 17.8 Å². The smallest absolute Gasteiger partial charge is 0.223 e. The second kappa shape index (κ2) is 5.12. The van der Waals surface area contributed by atoms with Gasteiger partial charge in [-0.15, -0.1) is 0 Å². The molecule has 0 saturated heterocycles. The molecule has 1 heterocycles. The zero-order chi connectivity index (χ0) is 11.4. The molecule has 85 valence electrons. The maximum atomic E-state index is 11.8. The number of aliphatic hydroxyl groups is 1. The van der Waals surface area contributed by atoms with E-state index < -0.39 is 0 Å². The molecular formula is C13H16NO2. The fraction of sp³-hybridized carbons (Fsp3) is 0.385. The number of nitrogens with zero attached hydrogens (tertiary/aromatic N) is 1. The maximum absolute atomic E-state index is 11.8. The third-order valence-electron chi connectivity index (χ3n) is 2.93. The van der Waals surface area contributed by atoms with Crippen LogP contribution in [0.1, 0.15) is 17.5 Å². The Labute approximate surface area is 95.7 Å². The second-order valence-corrected chi connectivity index (χ2v) is 4.01. The van der Waals surface area contributed by atoms with E-state index in [9.17, 15) is 4.79 Å². The summed E-state index contributed by atoms with van der Waals surface area (Å²) >= 11 is 0. The average Bonchev–Trinajstić information content (AvgIpc) is 2.35. The highest BCUT2D eigenvalue weighted by molar-refractivity contribution is 5.77. The van der Waals surface area contributed by atoms with E-state index in [1.165, 1.54) is 11.1 Å². The fourth-order valence-corrected chi connectivity index (χ4v) is 2.03. The minimum atomic E-state index is -0.0316. The summed E-state index contributed by atoms with van der Waals surface area (Å²) in [5, 5.41) is 8.64. The molecule has 0 bridgehead atoms. The van der Waals surface area contributed by atoms with Crippen LogP contribution in [0.2, 0.25) is 0 Å². The Morgan fingerprint density at radius 3 is 2.88 bits per heavy atom. The van der Waals surface area contributed by atoms with Crippen LogP contribution in [0, 0.1) is 6.42 Å². The van der Waals surface area contributed by atoms with Gasteiger partial charge in [-0.1, -0.05) is 24.3 Å². The lowest BCUT2D eigenvalue weighted by atomic mass is 10.00. The monoisotopic (exact) mass is 218 g/mol. The highest BCUT2D eigenvalue weighted by Gasteiger charge is 2.19. The number of hydrogen-bond acceptors (Lipinski definition) is 2. The van der Waals surface area contributed by atoms with Gasteiger partial charge in [0.1, 0.15) is 0 Å². The average molecular weight is 218 g/mol. The van der Waals surface area contributed by atoms with Gasteiger partial charge in [-0.3, -0.25) is 4.79 Å². The molecule has 1 aromatic carbocycles. The van der Waals surface area contributed by atoms with Crippen LogP contribution >= 0.6 is 0 Å². The van der Waals surface area contributed by atoms with Gasteiger partial charge >= 0.3 is 0 Å². The molecule has 3 heteroatoms. The SMILES string of the molecule is O=C(C[CH]CO)N1CCc2ccccc2C1. The first-order valence-electron chi connectivity index (χ1n) is 5.58. The standard InChI is InChI=1S/C13H16NO2/c15-9-3-6-13(16)14-8-7-11-4-1-2-5-12(11)10-14/h1-5,15H,6-10H2. The van der Waals surface area contributed by atoms with Crippen molar-refractivity contribution >= 4 is 5.91 Å². The lowest BCUT2D eigenvalue weighted by molar-refractivity contribution is -0.131. The molecule has 0 aliphatic carbocycles. The molecule has 0 unspecified atom stereocenters. The normalized spacial score (nSPS) is 14.7. The van der Waals surface area contributed by atoms with E-state index in [0.29, 0.717) is 13.0 Å². The number of hydrogen-bond donors (Lipinski definition) is 1. The van der Waals surface area contributed by atoms with Crippen LogP contribution in [-0.4, -0.2) is 29.1 Å².